The van der Waals surface area contributed by atoms with Crippen molar-refractivity contribution < 1.29 is 9.52 Å². The van der Waals surface area contributed by atoms with Gasteiger partial charge in [0.15, 0.2) is 0 Å². The summed E-state index contributed by atoms with van der Waals surface area (Å²) in [6, 6.07) is 0. The maximum atomic E-state index is 9.01. The minimum atomic E-state index is -0.0671. The molecule has 0 amide bonds. The topological polar surface area (TPSA) is 71.2 Å². The van der Waals surface area contributed by atoms with Gasteiger partial charge in [0.25, 0.3) is 0 Å². The maximum Gasteiger partial charge on any atom is 0.230 e. The summed E-state index contributed by atoms with van der Waals surface area (Å²) in [4.78, 5) is 0. The molecule has 0 spiro atoms. The number of nitrogens with one attached hydrogen (secondary N) is 1. The monoisotopic (exact) mass is 183 g/mol. The molecule has 0 radical (unpaired) electrons. The van der Waals surface area contributed by atoms with Crippen LogP contribution in [0.4, 0.5) is 0 Å². The molecule has 0 aromatic carbocycles. The van der Waals surface area contributed by atoms with Crippen molar-refractivity contribution in [1.82, 2.24) is 15.5 Å². The number of rotatable bonds is 4. The fraction of sp³-hybridized carbons (Fsp3) is 0.750. The van der Waals surface area contributed by atoms with Gasteiger partial charge in [0.2, 0.25) is 11.8 Å². The third-order valence-corrected chi connectivity index (χ3v) is 2.34. The van der Waals surface area contributed by atoms with Gasteiger partial charge in [-0.25, -0.2) is 0 Å². The largest absolute Gasteiger partial charge is 0.424 e. The van der Waals surface area contributed by atoms with E-state index in [4.69, 9.17) is 9.52 Å². The van der Waals surface area contributed by atoms with Crippen molar-refractivity contribution >= 4 is 0 Å². The number of hydrogen-bond donors (Lipinski definition) is 2. The molecule has 1 aromatic heterocycles. The van der Waals surface area contributed by atoms with E-state index >= 15 is 0 Å². The van der Waals surface area contributed by atoms with Crippen molar-refractivity contribution in [1.29, 1.82) is 0 Å². The highest BCUT2D eigenvalue weighted by atomic mass is 16.4. The Morgan fingerprint density at radius 1 is 1.54 bits per heavy atom. The Balaban J connectivity index is 1.86. The molecule has 1 saturated carbocycles. The first-order chi connectivity index (χ1) is 6.24. The zero-order valence-electron chi connectivity index (χ0n) is 7.58. The Hall–Kier alpha value is -0.940. The minimum absolute atomic E-state index is 0.0671. The Kier molecular flexibility index (Phi) is 2.05. The van der Waals surface area contributed by atoms with E-state index in [1.165, 1.54) is 0 Å². The Labute approximate surface area is 76.2 Å². The lowest BCUT2D eigenvalue weighted by molar-refractivity contribution is 0.226. The molecule has 0 bridgehead atoms. The molecular weight excluding hydrogens is 170 g/mol. The standard InChI is InChI=1S/C8H13N3O2/c1-6-10-11-7(13-6)4-9-8(5-12)2-3-8/h9,12H,2-5H2,1H3. The third kappa shape index (κ3) is 1.87. The second-order valence-electron chi connectivity index (χ2n) is 3.51. The molecule has 1 aliphatic carbocycles. The van der Waals surface area contributed by atoms with Gasteiger partial charge in [0.1, 0.15) is 0 Å². The van der Waals surface area contributed by atoms with Crippen molar-refractivity contribution in [3.05, 3.63) is 11.8 Å². The molecule has 0 saturated heterocycles. The first kappa shape index (κ1) is 8.65. The zero-order valence-corrected chi connectivity index (χ0v) is 7.58. The van der Waals surface area contributed by atoms with Crippen LogP contribution in [0.25, 0.3) is 0 Å². The summed E-state index contributed by atoms with van der Waals surface area (Å²) in [5.41, 5.74) is -0.0671. The lowest BCUT2D eigenvalue weighted by atomic mass is 10.3. The molecule has 5 nitrogen and oxygen atoms in total. The van der Waals surface area contributed by atoms with Crippen molar-refractivity contribution in [2.75, 3.05) is 6.61 Å². The molecule has 1 aromatic rings. The van der Waals surface area contributed by atoms with E-state index in [1.807, 2.05) is 0 Å². The summed E-state index contributed by atoms with van der Waals surface area (Å²) in [7, 11) is 0. The van der Waals surface area contributed by atoms with Gasteiger partial charge in [-0.1, -0.05) is 0 Å². The second kappa shape index (κ2) is 3.08. The van der Waals surface area contributed by atoms with Crippen molar-refractivity contribution in [2.24, 2.45) is 0 Å². The van der Waals surface area contributed by atoms with E-state index in [0.717, 1.165) is 12.8 Å². The number of aromatic nitrogens is 2. The fourth-order valence-corrected chi connectivity index (χ4v) is 1.21. The first-order valence-electron chi connectivity index (χ1n) is 4.39. The van der Waals surface area contributed by atoms with Crippen LogP contribution >= 0.6 is 0 Å². The van der Waals surface area contributed by atoms with Crippen LogP contribution in [0.15, 0.2) is 4.42 Å². The molecule has 0 aliphatic heterocycles. The van der Waals surface area contributed by atoms with Gasteiger partial charge < -0.3 is 14.8 Å². The quantitative estimate of drug-likeness (QED) is 0.687. The fourth-order valence-electron chi connectivity index (χ4n) is 1.21. The van der Waals surface area contributed by atoms with E-state index in [-0.39, 0.29) is 12.1 Å². The van der Waals surface area contributed by atoms with E-state index in [2.05, 4.69) is 15.5 Å². The van der Waals surface area contributed by atoms with Crippen molar-refractivity contribution in [3.8, 4) is 0 Å². The predicted molar refractivity (Wildman–Crippen MR) is 44.9 cm³/mol. The first-order valence-corrected chi connectivity index (χ1v) is 4.39. The van der Waals surface area contributed by atoms with Crippen LogP contribution in [-0.4, -0.2) is 27.4 Å². The Bertz CT molecular complexity index is 293. The molecule has 0 atom stereocenters. The van der Waals surface area contributed by atoms with Crippen LogP contribution in [0, 0.1) is 6.92 Å². The number of aliphatic hydroxyl groups excluding tert-OH is 1. The highest BCUT2D eigenvalue weighted by molar-refractivity contribution is 5.02. The lowest BCUT2D eigenvalue weighted by Gasteiger charge is -2.11. The highest BCUT2D eigenvalue weighted by Crippen LogP contribution is 2.34. The van der Waals surface area contributed by atoms with Crippen molar-refractivity contribution in [3.63, 3.8) is 0 Å². The van der Waals surface area contributed by atoms with Crippen LogP contribution < -0.4 is 5.32 Å². The van der Waals surface area contributed by atoms with Crippen LogP contribution in [0.5, 0.6) is 0 Å². The molecule has 1 fully saturated rings. The Morgan fingerprint density at radius 3 is 2.77 bits per heavy atom. The molecular formula is C8H13N3O2. The molecule has 2 N–H and O–H groups in total. The molecule has 0 unspecified atom stereocenters. The molecule has 5 heteroatoms. The highest BCUT2D eigenvalue weighted by Gasteiger charge is 2.41. The Morgan fingerprint density at radius 2 is 2.31 bits per heavy atom. The van der Waals surface area contributed by atoms with Gasteiger partial charge in [-0.05, 0) is 12.8 Å². The third-order valence-electron chi connectivity index (χ3n) is 2.34. The normalized spacial score (nSPS) is 18.9. The van der Waals surface area contributed by atoms with Crippen LogP contribution in [0.3, 0.4) is 0 Å². The molecule has 1 heterocycles. The summed E-state index contributed by atoms with van der Waals surface area (Å²) in [5, 5.41) is 19.8. The molecule has 1 aliphatic rings. The van der Waals surface area contributed by atoms with Gasteiger partial charge in [0, 0.05) is 12.5 Å². The van der Waals surface area contributed by atoms with Crippen LogP contribution in [-0.2, 0) is 6.54 Å². The summed E-state index contributed by atoms with van der Waals surface area (Å²) in [6.45, 7) is 2.48. The average molecular weight is 183 g/mol. The van der Waals surface area contributed by atoms with Gasteiger partial charge in [-0.3, -0.25) is 0 Å². The van der Waals surface area contributed by atoms with Crippen molar-refractivity contribution in [2.45, 2.75) is 31.8 Å². The number of hydrogen-bond acceptors (Lipinski definition) is 5. The van der Waals surface area contributed by atoms with Crippen LogP contribution in [0.2, 0.25) is 0 Å². The molecule has 13 heavy (non-hydrogen) atoms. The zero-order chi connectivity index (χ0) is 9.31. The van der Waals surface area contributed by atoms with E-state index < -0.39 is 0 Å². The number of aryl methyl sites for hydroxylation is 1. The summed E-state index contributed by atoms with van der Waals surface area (Å²) in [6.07, 6.45) is 2.05. The van der Waals surface area contributed by atoms with Crippen LogP contribution in [0.1, 0.15) is 24.6 Å². The summed E-state index contributed by atoms with van der Waals surface area (Å²) < 4.78 is 5.18. The number of nitrogens with zero attached hydrogens (tertiary/aromatic N) is 2. The molecule has 2 rings (SSSR count). The predicted octanol–water partition coefficient (Wildman–Crippen LogP) is -0.00748. The smallest absolute Gasteiger partial charge is 0.230 e. The summed E-state index contributed by atoms with van der Waals surface area (Å²) in [5.74, 6) is 1.16. The minimum Gasteiger partial charge on any atom is -0.424 e. The lowest BCUT2D eigenvalue weighted by Crippen LogP contribution is -2.34. The molecule has 72 valence electrons. The van der Waals surface area contributed by atoms with E-state index in [1.54, 1.807) is 6.92 Å². The van der Waals surface area contributed by atoms with Gasteiger partial charge >= 0.3 is 0 Å². The SMILES string of the molecule is Cc1nnc(CNC2(CO)CC2)o1. The summed E-state index contributed by atoms with van der Waals surface area (Å²) >= 11 is 0. The van der Waals surface area contributed by atoms with E-state index in [9.17, 15) is 0 Å². The van der Waals surface area contributed by atoms with E-state index in [0.29, 0.717) is 18.3 Å². The van der Waals surface area contributed by atoms with Gasteiger partial charge in [-0.15, -0.1) is 10.2 Å². The maximum absolute atomic E-state index is 9.01. The van der Waals surface area contributed by atoms with Gasteiger partial charge in [-0.2, -0.15) is 0 Å². The second-order valence-corrected chi connectivity index (χ2v) is 3.51. The average Bonchev–Trinajstić information content (AvgIpc) is 2.81. The number of aliphatic hydroxyl groups is 1. The van der Waals surface area contributed by atoms with Gasteiger partial charge in [0.05, 0.1) is 13.2 Å².